The molecule has 0 fully saturated rings. The minimum atomic E-state index is 0.142. The van der Waals surface area contributed by atoms with Gasteiger partial charge in [0, 0.05) is 12.3 Å². The zero-order chi connectivity index (χ0) is 9.94. The molecule has 0 heterocycles. The average Bonchev–Trinajstić information content (AvgIpc) is 2.13. The zero-order valence-electron chi connectivity index (χ0n) is 8.34. The highest BCUT2D eigenvalue weighted by molar-refractivity contribution is 8.00. The Morgan fingerprint density at radius 2 is 2.31 bits per heavy atom. The summed E-state index contributed by atoms with van der Waals surface area (Å²) in [5.74, 6) is 1.54. The summed E-state index contributed by atoms with van der Waals surface area (Å²) in [6.07, 6.45) is 5.30. The molecular formula is C10H19NOS. The Bertz CT molecular complexity index is 148. The molecule has 0 aromatic carbocycles. The summed E-state index contributed by atoms with van der Waals surface area (Å²) in [5, 5.41) is 2.88. The van der Waals surface area contributed by atoms with E-state index < -0.39 is 0 Å². The molecule has 0 rings (SSSR count). The van der Waals surface area contributed by atoms with Crippen LogP contribution >= 0.6 is 11.8 Å². The number of carbonyl (C=O) groups excluding carboxylic acids is 1. The minimum absolute atomic E-state index is 0.142. The first kappa shape index (κ1) is 12.6. The van der Waals surface area contributed by atoms with Crippen LogP contribution in [0.15, 0.2) is 12.7 Å². The highest BCUT2D eigenvalue weighted by atomic mass is 32.2. The lowest BCUT2D eigenvalue weighted by Crippen LogP contribution is -2.26. The van der Waals surface area contributed by atoms with Crippen LogP contribution in [0.1, 0.15) is 26.2 Å². The summed E-state index contributed by atoms with van der Waals surface area (Å²) >= 11 is 1.60. The Balaban J connectivity index is 3.15. The van der Waals surface area contributed by atoms with Crippen LogP contribution in [0.4, 0.5) is 0 Å². The summed E-state index contributed by atoms with van der Waals surface area (Å²) in [7, 11) is 0. The average molecular weight is 201 g/mol. The number of rotatable bonds is 8. The number of hydrogen-bond acceptors (Lipinski definition) is 2. The number of hydrogen-bond donors (Lipinski definition) is 1. The van der Waals surface area contributed by atoms with Crippen molar-refractivity contribution < 1.29 is 4.79 Å². The summed E-state index contributed by atoms with van der Waals surface area (Å²) in [5.41, 5.74) is 0. The van der Waals surface area contributed by atoms with Gasteiger partial charge in [-0.05, 0) is 6.42 Å². The van der Waals surface area contributed by atoms with Crippen molar-refractivity contribution in [2.45, 2.75) is 26.2 Å². The maximum absolute atomic E-state index is 11.1. The van der Waals surface area contributed by atoms with Gasteiger partial charge in [0.25, 0.3) is 0 Å². The maximum Gasteiger partial charge on any atom is 0.230 e. The number of nitrogens with one attached hydrogen (secondary N) is 1. The van der Waals surface area contributed by atoms with Crippen molar-refractivity contribution in [1.82, 2.24) is 5.32 Å². The molecular weight excluding hydrogens is 182 g/mol. The first-order valence-corrected chi connectivity index (χ1v) is 5.92. The smallest absolute Gasteiger partial charge is 0.230 e. The molecule has 76 valence electrons. The molecule has 0 spiro atoms. The molecule has 0 unspecified atom stereocenters. The standard InChI is InChI=1S/C10H19NOS/c1-3-5-6-7-11-10(12)9-13-8-4-2/h4H,2-3,5-9H2,1H3,(H,11,12). The van der Waals surface area contributed by atoms with Gasteiger partial charge in [0.2, 0.25) is 5.91 Å². The highest BCUT2D eigenvalue weighted by Crippen LogP contribution is 1.98. The van der Waals surface area contributed by atoms with Crippen molar-refractivity contribution in [3.05, 3.63) is 12.7 Å². The quantitative estimate of drug-likeness (QED) is 0.482. The van der Waals surface area contributed by atoms with Crippen molar-refractivity contribution >= 4 is 17.7 Å². The second kappa shape index (κ2) is 9.65. The fourth-order valence-electron chi connectivity index (χ4n) is 0.889. The molecule has 0 aliphatic heterocycles. The van der Waals surface area contributed by atoms with E-state index in [0.29, 0.717) is 5.75 Å². The molecule has 0 atom stereocenters. The summed E-state index contributed by atoms with van der Waals surface area (Å²) in [6, 6.07) is 0. The van der Waals surface area contributed by atoms with Crippen molar-refractivity contribution in [3.63, 3.8) is 0 Å². The Kier molecular flexibility index (Phi) is 9.32. The van der Waals surface area contributed by atoms with Gasteiger partial charge >= 0.3 is 0 Å². The van der Waals surface area contributed by atoms with Gasteiger partial charge in [-0.25, -0.2) is 0 Å². The third kappa shape index (κ3) is 9.47. The second-order valence-corrected chi connectivity index (χ2v) is 3.89. The lowest BCUT2D eigenvalue weighted by molar-refractivity contribution is -0.118. The molecule has 0 aliphatic rings. The fourth-order valence-corrected chi connectivity index (χ4v) is 1.46. The Morgan fingerprint density at radius 3 is 2.92 bits per heavy atom. The van der Waals surface area contributed by atoms with Gasteiger partial charge in [-0.15, -0.1) is 18.3 Å². The third-order valence-corrected chi connectivity index (χ3v) is 2.51. The molecule has 2 nitrogen and oxygen atoms in total. The van der Waals surface area contributed by atoms with Crippen LogP contribution in [0.5, 0.6) is 0 Å². The Hall–Kier alpha value is -0.440. The van der Waals surface area contributed by atoms with Gasteiger partial charge in [-0.2, -0.15) is 0 Å². The van der Waals surface area contributed by atoms with Gasteiger partial charge in [0.1, 0.15) is 0 Å². The first-order valence-electron chi connectivity index (χ1n) is 4.76. The zero-order valence-corrected chi connectivity index (χ0v) is 9.16. The number of amides is 1. The fraction of sp³-hybridized carbons (Fsp3) is 0.700. The highest BCUT2D eigenvalue weighted by Gasteiger charge is 1.98. The monoisotopic (exact) mass is 201 g/mol. The van der Waals surface area contributed by atoms with Gasteiger partial charge in [-0.3, -0.25) is 4.79 Å². The van der Waals surface area contributed by atoms with Crippen molar-refractivity contribution in [2.75, 3.05) is 18.1 Å². The first-order chi connectivity index (χ1) is 6.31. The molecule has 0 aromatic heterocycles. The number of carbonyl (C=O) groups is 1. The van der Waals surface area contributed by atoms with Gasteiger partial charge in [0.05, 0.1) is 5.75 Å². The van der Waals surface area contributed by atoms with Crippen LogP contribution in [0.2, 0.25) is 0 Å². The SMILES string of the molecule is C=CCSCC(=O)NCCCCC. The largest absolute Gasteiger partial charge is 0.355 e. The molecule has 1 N–H and O–H groups in total. The number of unbranched alkanes of at least 4 members (excludes halogenated alkanes) is 2. The Morgan fingerprint density at radius 1 is 1.54 bits per heavy atom. The third-order valence-electron chi connectivity index (χ3n) is 1.57. The second-order valence-electron chi connectivity index (χ2n) is 2.86. The van der Waals surface area contributed by atoms with Gasteiger partial charge < -0.3 is 5.32 Å². The van der Waals surface area contributed by atoms with Crippen LogP contribution in [0.3, 0.4) is 0 Å². The van der Waals surface area contributed by atoms with Crippen LogP contribution in [-0.2, 0) is 4.79 Å². The number of thioether (sulfide) groups is 1. The molecule has 0 saturated carbocycles. The van der Waals surface area contributed by atoms with E-state index in [1.807, 2.05) is 6.08 Å². The molecule has 0 aromatic rings. The normalized spacial score (nSPS) is 9.62. The van der Waals surface area contributed by atoms with E-state index in [1.54, 1.807) is 11.8 Å². The lowest BCUT2D eigenvalue weighted by atomic mass is 10.2. The summed E-state index contributed by atoms with van der Waals surface area (Å²) < 4.78 is 0. The van der Waals surface area contributed by atoms with Crippen LogP contribution < -0.4 is 5.32 Å². The van der Waals surface area contributed by atoms with E-state index >= 15 is 0 Å². The van der Waals surface area contributed by atoms with Crippen molar-refractivity contribution in [3.8, 4) is 0 Å². The summed E-state index contributed by atoms with van der Waals surface area (Å²) in [6.45, 7) is 6.57. The van der Waals surface area contributed by atoms with Crippen LogP contribution in [0.25, 0.3) is 0 Å². The topological polar surface area (TPSA) is 29.1 Å². The minimum Gasteiger partial charge on any atom is -0.355 e. The predicted octanol–water partition coefficient (Wildman–Crippen LogP) is 2.21. The molecule has 0 bridgehead atoms. The van der Waals surface area contributed by atoms with E-state index in [9.17, 15) is 4.79 Å². The maximum atomic E-state index is 11.1. The summed E-state index contributed by atoms with van der Waals surface area (Å²) in [4.78, 5) is 11.1. The molecule has 0 aliphatic carbocycles. The predicted molar refractivity (Wildman–Crippen MR) is 60.1 cm³/mol. The van der Waals surface area contributed by atoms with E-state index in [2.05, 4.69) is 18.8 Å². The molecule has 0 radical (unpaired) electrons. The van der Waals surface area contributed by atoms with Gasteiger partial charge in [0.15, 0.2) is 0 Å². The van der Waals surface area contributed by atoms with E-state index in [-0.39, 0.29) is 5.91 Å². The molecule has 13 heavy (non-hydrogen) atoms. The molecule has 1 amide bonds. The Labute approximate surface area is 85.2 Å². The van der Waals surface area contributed by atoms with E-state index in [4.69, 9.17) is 0 Å². The molecule has 0 saturated heterocycles. The van der Waals surface area contributed by atoms with Crippen molar-refractivity contribution in [1.29, 1.82) is 0 Å². The van der Waals surface area contributed by atoms with E-state index in [1.165, 1.54) is 12.8 Å². The van der Waals surface area contributed by atoms with Crippen LogP contribution in [0, 0.1) is 0 Å². The van der Waals surface area contributed by atoms with Crippen molar-refractivity contribution in [2.24, 2.45) is 0 Å². The van der Waals surface area contributed by atoms with Crippen LogP contribution in [-0.4, -0.2) is 24.0 Å². The lowest BCUT2D eigenvalue weighted by Gasteiger charge is -2.03. The molecule has 3 heteroatoms. The van der Waals surface area contributed by atoms with E-state index in [0.717, 1.165) is 18.7 Å². The van der Waals surface area contributed by atoms with Gasteiger partial charge in [-0.1, -0.05) is 25.8 Å².